The number of β-lactam (4-membered cyclic amide) rings is 1. The van der Waals surface area contributed by atoms with Gasteiger partial charge in [-0.3, -0.25) is 14.5 Å². The maximum Gasteiger partial charge on any atom is 0.297 e. The first kappa shape index (κ1) is 13.4. The Morgan fingerprint density at radius 2 is 1.57 bits per heavy atom. The van der Waals surface area contributed by atoms with Gasteiger partial charge in [0.15, 0.2) is 0 Å². The van der Waals surface area contributed by atoms with Crippen molar-refractivity contribution < 1.29 is 14.3 Å². The molecule has 1 unspecified atom stereocenters. The number of aryl methyl sites for hydroxylation is 1. The van der Waals surface area contributed by atoms with E-state index in [0.717, 1.165) is 11.1 Å². The average molecular weight is 281 g/mol. The lowest BCUT2D eigenvalue weighted by Crippen LogP contribution is -2.56. The summed E-state index contributed by atoms with van der Waals surface area (Å²) in [5, 5.41) is 0. The van der Waals surface area contributed by atoms with Crippen LogP contribution in [-0.2, 0) is 9.59 Å². The molecule has 0 aromatic heterocycles. The van der Waals surface area contributed by atoms with Crippen molar-refractivity contribution in [2.45, 2.75) is 13.0 Å². The van der Waals surface area contributed by atoms with Gasteiger partial charge in [-0.2, -0.15) is 0 Å². The largest absolute Gasteiger partial charge is 0.497 e. The molecule has 2 aromatic rings. The van der Waals surface area contributed by atoms with Crippen molar-refractivity contribution in [3.05, 3.63) is 59.7 Å². The molecule has 21 heavy (non-hydrogen) atoms. The predicted molar refractivity (Wildman–Crippen MR) is 79.4 cm³/mol. The van der Waals surface area contributed by atoms with E-state index in [-0.39, 0.29) is 5.78 Å². The Morgan fingerprint density at radius 3 is 2.14 bits per heavy atom. The summed E-state index contributed by atoms with van der Waals surface area (Å²) in [6, 6.07) is 14.3. The van der Waals surface area contributed by atoms with Crippen LogP contribution < -0.4 is 9.64 Å². The van der Waals surface area contributed by atoms with Crippen LogP contribution in [0.4, 0.5) is 5.69 Å². The minimum atomic E-state index is -0.522. The van der Waals surface area contributed by atoms with Gasteiger partial charge >= 0.3 is 0 Å². The lowest BCUT2D eigenvalue weighted by molar-refractivity contribution is -0.143. The van der Waals surface area contributed by atoms with Crippen LogP contribution in [0.2, 0.25) is 0 Å². The SMILES string of the molecule is COc1ccc(N2C(=O)C(=O)C2c2ccc(C)cc2)cc1. The fraction of sp³-hybridized carbons (Fsp3) is 0.176. The first-order valence-electron chi connectivity index (χ1n) is 6.70. The van der Waals surface area contributed by atoms with Gasteiger partial charge in [0.05, 0.1) is 7.11 Å². The molecule has 4 heteroatoms. The summed E-state index contributed by atoms with van der Waals surface area (Å²) in [5.41, 5.74) is 2.65. The van der Waals surface area contributed by atoms with Crippen LogP contribution in [0.15, 0.2) is 48.5 Å². The van der Waals surface area contributed by atoms with Crippen molar-refractivity contribution in [2.24, 2.45) is 0 Å². The molecule has 1 aliphatic heterocycles. The van der Waals surface area contributed by atoms with Crippen molar-refractivity contribution in [1.29, 1.82) is 0 Å². The molecule has 0 aliphatic carbocycles. The minimum absolute atomic E-state index is 0.366. The third kappa shape index (κ3) is 2.18. The Labute approximate surface area is 123 Å². The zero-order chi connectivity index (χ0) is 15.0. The molecule has 1 atom stereocenters. The van der Waals surface area contributed by atoms with Crippen molar-refractivity contribution in [2.75, 3.05) is 12.0 Å². The molecule has 1 saturated heterocycles. The molecule has 3 rings (SSSR count). The summed E-state index contributed by atoms with van der Waals surface area (Å²) < 4.78 is 5.10. The fourth-order valence-electron chi connectivity index (χ4n) is 2.46. The van der Waals surface area contributed by atoms with E-state index in [9.17, 15) is 9.59 Å². The standard InChI is InChI=1S/C17H15NO3/c1-11-3-5-12(6-4-11)15-16(19)17(20)18(15)13-7-9-14(21-2)10-8-13/h3-10,15H,1-2H3. The van der Waals surface area contributed by atoms with E-state index >= 15 is 0 Å². The van der Waals surface area contributed by atoms with Gasteiger partial charge in [0.2, 0.25) is 5.78 Å². The van der Waals surface area contributed by atoms with Gasteiger partial charge in [0, 0.05) is 5.69 Å². The van der Waals surface area contributed by atoms with E-state index in [1.54, 1.807) is 31.4 Å². The number of hydrogen-bond acceptors (Lipinski definition) is 3. The Hall–Kier alpha value is -2.62. The van der Waals surface area contributed by atoms with Crippen LogP contribution in [0.3, 0.4) is 0 Å². The number of methoxy groups -OCH3 is 1. The van der Waals surface area contributed by atoms with Crippen molar-refractivity contribution in [1.82, 2.24) is 0 Å². The highest BCUT2D eigenvalue weighted by molar-refractivity contribution is 6.51. The number of anilines is 1. The first-order chi connectivity index (χ1) is 10.1. The molecule has 0 N–H and O–H groups in total. The smallest absolute Gasteiger partial charge is 0.297 e. The third-order valence-corrected chi connectivity index (χ3v) is 3.68. The molecule has 106 valence electrons. The third-order valence-electron chi connectivity index (χ3n) is 3.68. The number of benzene rings is 2. The maximum absolute atomic E-state index is 11.9. The number of hydrogen-bond donors (Lipinski definition) is 0. The molecular weight excluding hydrogens is 266 g/mol. The number of carbonyl (C=O) groups excluding carboxylic acids is 2. The number of Topliss-reactive ketones (excluding diaryl/α,β-unsaturated/α-hetero) is 1. The molecule has 0 spiro atoms. The summed E-state index contributed by atoms with van der Waals surface area (Å²) in [4.78, 5) is 25.4. The number of rotatable bonds is 3. The van der Waals surface area contributed by atoms with Crippen molar-refractivity contribution in [3.8, 4) is 5.75 Å². The second-order valence-electron chi connectivity index (χ2n) is 5.05. The molecule has 0 radical (unpaired) electrons. The van der Waals surface area contributed by atoms with Crippen LogP contribution in [0, 0.1) is 6.92 Å². The predicted octanol–water partition coefficient (Wildman–Crippen LogP) is 2.66. The lowest BCUT2D eigenvalue weighted by Gasteiger charge is -2.38. The molecule has 1 amide bonds. The number of carbonyl (C=O) groups is 2. The molecule has 0 saturated carbocycles. The van der Waals surface area contributed by atoms with E-state index in [0.29, 0.717) is 11.4 Å². The average Bonchev–Trinajstić information content (AvgIpc) is 2.53. The van der Waals surface area contributed by atoms with Gasteiger partial charge in [0.1, 0.15) is 11.8 Å². The van der Waals surface area contributed by atoms with Gasteiger partial charge in [-0.1, -0.05) is 29.8 Å². The molecule has 4 nitrogen and oxygen atoms in total. The molecular formula is C17H15NO3. The first-order valence-corrected chi connectivity index (χ1v) is 6.70. The quantitative estimate of drug-likeness (QED) is 0.642. The second kappa shape index (κ2) is 5.05. The summed E-state index contributed by atoms with van der Waals surface area (Å²) in [6.07, 6.45) is 0. The molecule has 2 aromatic carbocycles. The van der Waals surface area contributed by atoms with E-state index in [4.69, 9.17) is 4.74 Å². The van der Waals surface area contributed by atoms with Gasteiger partial charge in [-0.05, 0) is 36.8 Å². The normalized spacial score (nSPS) is 17.6. The van der Waals surface area contributed by atoms with Crippen molar-refractivity contribution in [3.63, 3.8) is 0 Å². The number of ether oxygens (including phenoxy) is 1. The molecule has 0 bridgehead atoms. The number of ketones is 1. The van der Waals surface area contributed by atoms with Crippen LogP contribution in [0.1, 0.15) is 17.2 Å². The zero-order valence-electron chi connectivity index (χ0n) is 11.9. The number of nitrogens with zero attached hydrogens (tertiary/aromatic N) is 1. The van der Waals surface area contributed by atoms with Crippen LogP contribution in [-0.4, -0.2) is 18.8 Å². The van der Waals surface area contributed by atoms with Crippen LogP contribution >= 0.6 is 0 Å². The van der Waals surface area contributed by atoms with E-state index < -0.39 is 11.9 Å². The highest BCUT2D eigenvalue weighted by atomic mass is 16.5. The van der Waals surface area contributed by atoms with Gasteiger partial charge in [-0.25, -0.2) is 0 Å². The second-order valence-corrected chi connectivity index (χ2v) is 5.05. The van der Waals surface area contributed by atoms with Crippen molar-refractivity contribution >= 4 is 17.4 Å². The molecule has 1 aliphatic rings. The highest BCUT2D eigenvalue weighted by Crippen LogP contribution is 2.36. The summed E-state index contributed by atoms with van der Waals surface area (Å²) >= 11 is 0. The Bertz CT molecular complexity index is 689. The van der Waals surface area contributed by atoms with Gasteiger partial charge in [0.25, 0.3) is 5.91 Å². The van der Waals surface area contributed by atoms with Crippen LogP contribution in [0.5, 0.6) is 5.75 Å². The Kier molecular flexibility index (Phi) is 3.22. The summed E-state index contributed by atoms with van der Waals surface area (Å²) in [7, 11) is 1.59. The lowest BCUT2D eigenvalue weighted by atomic mass is 9.91. The molecule has 1 fully saturated rings. The zero-order valence-corrected chi connectivity index (χ0v) is 11.9. The van der Waals surface area contributed by atoms with E-state index in [1.165, 1.54) is 4.90 Å². The topological polar surface area (TPSA) is 46.6 Å². The van der Waals surface area contributed by atoms with Gasteiger partial charge < -0.3 is 4.74 Å². The molecule has 1 heterocycles. The monoisotopic (exact) mass is 281 g/mol. The minimum Gasteiger partial charge on any atom is -0.497 e. The maximum atomic E-state index is 11.9. The number of amides is 1. The van der Waals surface area contributed by atoms with Crippen LogP contribution in [0.25, 0.3) is 0 Å². The Balaban J connectivity index is 1.94. The summed E-state index contributed by atoms with van der Waals surface area (Å²) in [5.74, 6) is -0.120. The Morgan fingerprint density at radius 1 is 0.952 bits per heavy atom. The fourth-order valence-corrected chi connectivity index (χ4v) is 2.46. The highest BCUT2D eigenvalue weighted by Gasteiger charge is 2.47. The van der Waals surface area contributed by atoms with E-state index in [2.05, 4.69) is 0 Å². The van der Waals surface area contributed by atoms with E-state index in [1.807, 2.05) is 31.2 Å². The summed E-state index contributed by atoms with van der Waals surface area (Å²) in [6.45, 7) is 1.98. The van der Waals surface area contributed by atoms with Gasteiger partial charge in [-0.15, -0.1) is 0 Å².